The maximum absolute atomic E-state index is 8.54. The molecule has 0 amide bonds. The molecule has 2 saturated heterocycles. The highest BCUT2D eigenvalue weighted by atomic mass is 32.2. The molecule has 0 bridgehead atoms. The van der Waals surface area contributed by atoms with Crippen molar-refractivity contribution in [1.82, 2.24) is 19.8 Å². The standard InChI is InChI=1S/C15H23N5S/c16-15(19-9-5-17-6-10-19)13-3-1-2-4-14(13)21-20-11-7-18-8-12-20/h1-4,16-18H,5-12H2. The van der Waals surface area contributed by atoms with Crippen molar-refractivity contribution in [3.63, 3.8) is 0 Å². The second-order valence-electron chi connectivity index (χ2n) is 5.35. The zero-order valence-electron chi connectivity index (χ0n) is 12.3. The van der Waals surface area contributed by atoms with Crippen LogP contribution in [0.5, 0.6) is 0 Å². The third-order valence-corrected chi connectivity index (χ3v) is 5.05. The van der Waals surface area contributed by atoms with Crippen molar-refractivity contribution in [2.24, 2.45) is 0 Å². The molecule has 0 spiro atoms. The maximum Gasteiger partial charge on any atom is 0.129 e. The van der Waals surface area contributed by atoms with E-state index in [-0.39, 0.29) is 0 Å². The summed E-state index contributed by atoms with van der Waals surface area (Å²) in [5.74, 6) is 0.662. The fourth-order valence-corrected chi connectivity index (χ4v) is 3.72. The second kappa shape index (κ2) is 7.26. The number of nitrogens with one attached hydrogen (secondary N) is 3. The largest absolute Gasteiger partial charge is 0.354 e. The lowest BCUT2D eigenvalue weighted by Crippen LogP contribution is -2.46. The smallest absolute Gasteiger partial charge is 0.129 e. The molecule has 0 unspecified atom stereocenters. The van der Waals surface area contributed by atoms with Crippen molar-refractivity contribution in [1.29, 1.82) is 5.41 Å². The predicted octanol–water partition coefficient (Wildman–Crippen LogP) is 0.829. The molecule has 0 atom stereocenters. The minimum Gasteiger partial charge on any atom is -0.354 e. The van der Waals surface area contributed by atoms with E-state index >= 15 is 0 Å². The van der Waals surface area contributed by atoms with Gasteiger partial charge in [-0.25, -0.2) is 4.31 Å². The molecular formula is C15H23N5S. The molecule has 0 aromatic heterocycles. The van der Waals surface area contributed by atoms with Gasteiger partial charge in [0, 0.05) is 62.8 Å². The van der Waals surface area contributed by atoms with Gasteiger partial charge >= 0.3 is 0 Å². The Morgan fingerprint density at radius 1 is 0.952 bits per heavy atom. The summed E-state index contributed by atoms with van der Waals surface area (Å²) in [6.45, 7) is 7.98. The minimum atomic E-state index is 0.662. The lowest BCUT2D eigenvalue weighted by Gasteiger charge is -2.31. The summed E-state index contributed by atoms with van der Waals surface area (Å²) in [6, 6.07) is 8.32. The predicted molar refractivity (Wildman–Crippen MR) is 88.0 cm³/mol. The van der Waals surface area contributed by atoms with Crippen molar-refractivity contribution in [2.45, 2.75) is 4.90 Å². The average Bonchev–Trinajstić information content (AvgIpc) is 2.56. The Bertz CT molecular complexity index is 481. The first-order chi connectivity index (χ1) is 10.3. The minimum absolute atomic E-state index is 0.662. The Balaban J connectivity index is 1.73. The van der Waals surface area contributed by atoms with Gasteiger partial charge in [0.25, 0.3) is 0 Å². The first-order valence-corrected chi connectivity index (χ1v) is 8.39. The molecule has 21 heavy (non-hydrogen) atoms. The highest BCUT2D eigenvalue weighted by Gasteiger charge is 2.19. The van der Waals surface area contributed by atoms with Gasteiger partial charge in [-0.15, -0.1) is 0 Å². The van der Waals surface area contributed by atoms with Crippen molar-refractivity contribution in [3.8, 4) is 0 Å². The molecule has 0 saturated carbocycles. The van der Waals surface area contributed by atoms with Gasteiger partial charge in [-0.05, 0) is 18.0 Å². The van der Waals surface area contributed by atoms with Gasteiger partial charge < -0.3 is 15.5 Å². The molecule has 6 heteroatoms. The SMILES string of the molecule is N=C(c1ccccc1SN1CCNCC1)N1CCNCC1. The van der Waals surface area contributed by atoms with E-state index < -0.39 is 0 Å². The topological polar surface area (TPSA) is 54.4 Å². The second-order valence-corrected chi connectivity index (χ2v) is 6.49. The Hall–Kier alpha value is -1.08. The van der Waals surface area contributed by atoms with E-state index in [1.165, 1.54) is 4.90 Å². The summed E-state index contributed by atoms with van der Waals surface area (Å²) in [5.41, 5.74) is 1.06. The number of amidine groups is 1. The van der Waals surface area contributed by atoms with Crippen molar-refractivity contribution in [3.05, 3.63) is 29.8 Å². The van der Waals surface area contributed by atoms with Crippen molar-refractivity contribution < 1.29 is 0 Å². The summed E-state index contributed by atoms with van der Waals surface area (Å²) < 4.78 is 2.39. The van der Waals surface area contributed by atoms with Crippen LogP contribution in [0.3, 0.4) is 0 Å². The van der Waals surface area contributed by atoms with Gasteiger partial charge in [0.05, 0.1) is 0 Å². The van der Waals surface area contributed by atoms with Gasteiger partial charge in [-0.2, -0.15) is 0 Å². The number of nitrogens with zero attached hydrogens (tertiary/aromatic N) is 2. The summed E-state index contributed by atoms with van der Waals surface area (Å²) in [4.78, 5) is 3.37. The third kappa shape index (κ3) is 3.77. The van der Waals surface area contributed by atoms with E-state index in [9.17, 15) is 0 Å². The van der Waals surface area contributed by atoms with Crippen molar-refractivity contribution in [2.75, 3.05) is 52.4 Å². The number of benzene rings is 1. The monoisotopic (exact) mass is 305 g/mol. The van der Waals surface area contributed by atoms with E-state index in [0.717, 1.165) is 57.9 Å². The average molecular weight is 305 g/mol. The molecule has 3 rings (SSSR count). The highest BCUT2D eigenvalue weighted by molar-refractivity contribution is 7.97. The summed E-state index contributed by atoms with van der Waals surface area (Å²) in [7, 11) is 0. The zero-order valence-corrected chi connectivity index (χ0v) is 13.1. The third-order valence-electron chi connectivity index (χ3n) is 3.88. The van der Waals surface area contributed by atoms with Gasteiger partial charge in [-0.3, -0.25) is 5.41 Å². The molecule has 2 fully saturated rings. The van der Waals surface area contributed by atoms with Gasteiger partial charge in [0.2, 0.25) is 0 Å². The van der Waals surface area contributed by atoms with Gasteiger partial charge in [0.1, 0.15) is 5.84 Å². The number of hydrogen-bond donors (Lipinski definition) is 3. The van der Waals surface area contributed by atoms with Crippen LogP contribution in [-0.4, -0.2) is 67.4 Å². The van der Waals surface area contributed by atoms with Crippen LogP contribution >= 0.6 is 11.9 Å². The first-order valence-electron chi connectivity index (χ1n) is 7.62. The van der Waals surface area contributed by atoms with Crippen molar-refractivity contribution >= 4 is 17.8 Å². The molecule has 3 N–H and O–H groups in total. The molecular weight excluding hydrogens is 282 g/mol. The fraction of sp³-hybridized carbons (Fsp3) is 0.533. The van der Waals surface area contributed by atoms with Crippen LogP contribution in [-0.2, 0) is 0 Å². The normalized spacial score (nSPS) is 20.5. The zero-order chi connectivity index (χ0) is 14.5. The lowest BCUT2D eigenvalue weighted by atomic mass is 10.2. The molecule has 2 heterocycles. The van der Waals surface area contributed by atoms with Crippen LogP contribution in [0.1, 0.15) is 5.56 Å². The number of piperazine rings is 2. The van der Waals surface area contributed by atoms with Crippen LogP contribution in [0.15, 0.2) is 29.2 Å². The number of hydrogen-bond acceptors (Lipinski definition) is 5. The van der Waals surface area contributed by atoms with E-state index in [1.807, 2.05) is 6.07 Å². The van der Waals surface area contributed by atoms with Gasteiger partial charge in [0.15, 0.2) is 0 Å². The molecule has 1 aromatic carbocycles. The summed E-state index contributed by atoms with van der Waals surface area (Å²) >= 11 is 1.79. The van der Waals surface area contributed by atoms with Gasteiger partial charge in [-0.1, -0.05) is 18.2 Å². The summed E-state index contributed by atoms with van der Waals surface area (Å²) in [5, 5.41) is 15.3. The van der Waals surface area contributed by atoms with E-state index in [1.54, 1.807) is 11.9 Å². The molecule has 1 aromatic rings. The Kier molecular flexibility index (Phi) is 5.13. The molecule has 0 aliphatic carbocycles. The molecule has 5 nitrogen and oxygen atoms in total. The van der Waals surface area contributed by atoms with E-state index in [4.69, 9.17) is 5.41 Å². The molecule has 2 aliphatic rings. The number of rotatable bonds is 3. The fourth-order valence-electron chi connectivity index (χ4n) is 2.68. The first kappa shape index (κ1) is 14.8. The van der Waals surface area contributed by atoms with Crippen LogP contribution in [0.25, 0.3) is 0 Å². The van der Waals surface area contributed by atoms with Crippen LogP contribution in [0, 0.1) is 5.41 Å². The highest BCUT2D eigenvalue weighted by Crippen LogP contribution is 2.27. The van der Waals surface area contributed by atoms with Crippen LogP contribution < -0.4 is 10.6 Å². The Labute approximate surface area is 130 Å². The molecule has 0 radical (unpaired) electrons. The Morgan fingerprint density at radius 3 is 2.29 bits per heavy atom. The molecule has 2 aliphatic heterocycles. The summed E-state index contributed by atoms with van der Waals surface area (Å²) in [6.07, 6.45) is 0. The quantitative estimate of drug-likeness (QED) is 0.439. The van der Waals surface area contributed by atoms with Crippen LogP contribution in [0.2, 0.25) is 0 Å². The van der Waals surface area contributed by atoms with E-state index in [0.29, 0.717) is 5.84 Å². The maximum atomic E-state index is 8.54. The van der Waals surface area contributed by atoms with Crippen LogP contribution in [0.4, 0.5) is 0 Å². The lowest BCUT2D eigenvalue weighted by molar-refractivity contribution is 0.356. The van der Waals surface area contributed by atoms with E-state index in [2.05, 4.69) is 38.0 Å². The Morgan fingerprint density at radius 2 is 1.57 bits per heavy atom. The molecule has 114 valence electrons.